The van der Waals surface area contributed by atoms with Crippen LogP contribution in [0, 0.1) is 0 Å². The Morgan fingerprint density at radius 1 is 1.70 bits per heavy atom. The normalized spacial score (nSPS) is 8.50. The van der Waals surface area contributed by atoms with Crippen LogP contribution in [0.3, 0.4) is 0 Å². The molecule has 0 aliphatic heterocycles. The van der Waals surface area contributed by atoms with Crippen LogP contribution in [-0.2, 0) is 9.53 Å². The van der Waals surface area contributed by atoms with Crippen LogP contribution in [0.1, 0.15) is 0 Å². The topological polar surface area (TPSA) is 55.4 Å². The van der Waals surface area contributed by atoms with Crippen LogP contribution in [0.5, 0.6) is 0 Å². The summed E-state index contributed by atoms with van der Waals surface area (Å²) < 4.78 is 4.45. The van der Waals surface area contributed by atoms with E-state index in [4.69, 9.17) is 11.6 Å². The molecule has 4 nitrogen and oxygen atoms in total. The van der Waals surface area contributed by atoms with Crippen LogP contribution < -0.4 is 5.32 Å². The molecule has 0 radical (unpaired) electrons. The average molecular weight is 166 g/mol. The number of carbonyl (C=O) groups is 2. The maximum atomic E-state index is 10.4. The van der Waals surface area contributed by atoms with Crippen molar-refractivity contribution in [1.29, 1.82) is 0 Å². The first-order valence-electron chi connectivity index (χ1n) is 2.71. The first-order chi connectivity index (χ1) is 4.81. The highest BCUT2D eigenvalue weighted by Gasteiger charge is 1.97. The number of hydrogen-bond donors (Lipinski definition) is 1. The van der Waals surface area contributed by atoms with Crippen LogP contribution in [0.4, 0.5) is 4.79 Å². The summed E-state index contributed by atoms with van der Waals surface area (Å²) in [7, 11) is 0. The summed E-state index contributed by atoms with van der Waals surface area (Å²) in [6.07, 6.45) is -0.0464. The molecule has 0 rings (SSSR count). The highest BCUT2D eigenvalue weighted by atomic mass is 35.5. The first kappa shape index (κ1) is 9.23. The summed E-state index contributed by atoms with van der Waals surface area (Å²) >= 11 is 5.21. The fourth-order valence-electron chi connectivity index (χ4n) is 0.307. The number of alkyl halides is 1. The van der Waals surface area contributed by atoms with Crippen molar-refractivity contribution in [1.82, 2.24) is 5.32 Å². The van der Waals surface area contributed by atoms with Crippen molar-refractivity contribution >= 4 is 24.0 Å². The summed E-state index contributed by atoms with van der Waals surface area (Å²) in [6.45, 7) is 0.132. The van der Waals surface area contributed by atoms with Crippen molar-refractivity contribution in [2.24, 2.45) is 0 Å². The van der Waals surface area contributed by atoms with Crippen molar-refractivity contribution < 1.29 is 14.3 Å². The Morgan fingerprint density at radius 2 is 2.40 bits per heavy atom. The quantitative estimate of drug-likeness (QED) is 0.477. The van der Waals surface area contributed by atoms with Gasteiger partial charge in [-0.2, -0.15) is 0 Å². The lowest BCUT2D eigenvalue weighted by atomic mass is 10.7. The summed E-state index contributed by atoms with van der Waals surface area (Å²) in [5.41, 5.74) is 0. The highest BCUT2D eigenvalue weighted by Crippen LogP contribution is 1.79. The SMILES string of the molecule is O=CCNC(=O)OCCCl. The van der Waals surface area contributed by atoms with E-state index in [1.165, 1.54) is 0 Å². The van der Waals surface area contributed by atoms with Crippen LogP contribution >= 0.6 is 11.6 Å². The summed E-state index contributed by atoms with van der Waals surface area (Å²) in [5, 5.41) is 2.18. The van der Waals surface area contributed by atoms with Crippen LogP contribution in [0.2, 0.25) is 0 Å². The van der Waals surface area contributed by atoms with E-state index in [1.807, 2.05) is 0 Å². The molecule has 1 amide bonds. The molecule has 0 aliphatic rings. The Bertz CT molecular complexity index is 117. The predicted octanol–water partition coefficient (Wildman–Crippen LogP) is 0.150. The number of carbonyl (C=O) groups excluding carboxylic acids is 2. The van der Waals surface area contributed by atoms with Gasteiger partial charge in [0.05, 0.1) is 12.4 Å². The van der Waals surface area contributed by atoms with E-state index >= 15 is 0 Å². The maximum absolute atomic E-state index is 10.4. The van der Waals surface area contributed by atoms with Crippen molar-refractivity contribution in [3.8, 4) is 0 Å². The zero-order valence-electron chi connectivity index (χ0n) is 5.30. The zero-order chi connectivity index (χ0) is 7.82. The van der Waals surface area contributed by atoms with Gasteiger partial charge in [0.2, 0.25) is 0 Å². The van der Waals surface area contributed by atoms with E-state index in [2.05, 4.69) is 10.1 Å². The smallest absolute Gasteiger partial charge is 0.407 e. The van der Waals surface area contributed by atoms with E-state index in [1.54, 1.807) is 0 Å². The molecule has 5 heteroatoms. The Balaban J connectivity index is 3.16. The van der Waals surface area contributed by atoms with Gasteiger partial charge in [0.25, 0.3) is 0 Å². The first-order valence-corrected chi connectivity index (χ1v) is 3.25. The molecule has 58 valence electrons. The molecule has 10 heavy (non-hydrogen) atoms. The van der Waals surface area contributed by atoms with Crippen molar-refractivity contribution in [2.45, 2.75) is 0 Å². The number of ether oxygens (including phenoxy) is 1. The van der Waals surface area contributed by atoms with Gasteiger partial charge in [0.1, 0.15) is 12.9 Å². The molecule has 0 aliphatic carbocycles. The van der Waals surface area contributed by atoms with E-state index in [9.17, 15) is 9.59 Å². The van der Waals surface area contributed by atoms with Gasteiger partial charge in [0, 0.05) is 0 Å². The van der Waals surface area contributed by atoms with Crippen LogP contribution in [-0.4, -0.2) is 31.4 Å². The minimum Gasteiger partial charge on any atom is -0.448 e. The molecule has 0 aromatic heterocycles. The zero-order valence-corrected chi connectivity index (χ0v) is 6.06. The second kappa shape index (κ2) is 6.35. The lowest BCUT2D eigenvalue weighted by Gasteiger charge is -2.00. The Kier molecular flexibility index (Phi) is 5.86. The Morgan fingerprint density at radius 3 is 2.90 bits per heavy atom. The van der Waals surface area contributed by atoms with Crippen LogP contribution in [0.15, 0.2) is 0 Å². The minimum atomic E-state index is -0.618. The van der Waals surface area contributed by atoms with Gasteiger partial charge < -0.3 is 14.8 Å². The second-order valence-corrected chi connectivity index (χ2v) is 1.75. The number of halogens is 1. The standard InChI is InChI=1S/C5H8ClNO3/c6-1-4-10-5(9)7-2-3-8/h3H,1-2,4H2,(H,7,9). The Hall–Kier alpha value is -0.770. The average Bonchev–Trinajstić information content (AvgIpc) is 1.97. The third kappa shape index (κ3) is 5.37. The van der Waals surface area contributed by atoms with E-state index in [0.717, 1.165) is 0 Å². The summed E-state index contributed by atoms with van der Waals surface area (Å²) in [6, 6.07) is 0. The number of hydrogen-bond acceptors (Lipinski definition) is 3. The summed E-state index contributed by atoms with van der Waals surface area (Å²) in [5.74, 6) is 0.258. The number of amides is 1. The number of aldehydes is 1. The van der Waals surface area contributed by atoms with Gasteiger partial charge >= 0.3 is 6.09 Å². The molecule has 0 aromatic carbocycles. The number of nitrogens with one attached hydrogen (secondary N) is 1. The molecule has 0 saturated heterocycles. The van der Waals surface area contributed by atoms with Gasteiger partial charge in [-0.1, -0.05) is 0 Å². The third-order valence-electron chi connectivity index (χ3n) is 0.640. The molecule has 0 atom stereocenters. The summed E-state index contributed by atoms with van der Waals surface area (Å²) in [4.78, 5) is 20.1. The van der Waals surface area contributed by atoms with Gasteiger partial charge in [-0.05, 0) is 0 Å². The second-order valence-electron chi connectivity index (χ2n) is 1.37. The monoisotopic (exact) mass is 165 g/mol. The fourth-order valence-corrected chi connectivity index (χ4v) is 0.384. The molecule has 0 unspecified atom stereocenters. The molecule has 0 saturated carbocycles. The van der Waals surface area contributed by atoms with E-state index in [0.29, 0.717) is 6.29 Å². The van der Waals surface area contributed by atoms with Gasteiger partial charge in [-0.3, -0.25) is 0 Å². The minimum absolute atomic E-state index is 0.0267. The molecule has 1 N–H and O–H groups in total. The molecular formula is C5H8ClNO3. The predicted molar refractivity (Wildman–Crippen MR) is 36.1 cm³/mol. The highest BCUT2D eigenvalue weighted by molar-refractivity contribution is 6.18. The van der Waals surface area contributed by atoms with E-state index in [-0.39, 0.29) is 19.0 Å². The van der Waals surface area contributed by atoms with Gasteiger partial charge in [-0.15, -0.1) is 11.6 Å². The molecule has 0 aromatic rings. The molecule has 0 heterocycles. The molecular weight excluding hydrogens is 158 g/mol. The fraction of sp³-hybridized carbons (Fsp3) is 0.600. The van der Waals surface area contributed by atoms with Crippen LogP contribution in [0.25, 0.3) is 0 Å². The largest absolute Gasteiger partial charge is 0.448 e. The molecule has 0 spiro atoms. The molecule has 0 fully saturated rings. The van der Waals surface area contributed by atoms with Crippen molar-refractivity contribution in [3.05, 3.63) is 0 Å². The lowest BCUT2D eigenvalue weighted by Crippen LogP contribution is -2.26. The van der Waals surface area contributed by atoms with Gasteiger partial charge in [0.15, 0.2) is 0 Å². The van der Waals surface area contributed by atoms with Crippen molar-refractivity contribution in [2.75, 3.05) is 19.0 Å². The maximum Gasteiger partial charge on any atom is 0.407 e. The molecule has 0 bridgehead atoms. The third-order valence-corrected chi connectivity index (χ3v) is 0.794. The van der Waals surface area contributed by atoms with E-state index < -0.39 is 6.09 Å². The van der Waals surface area contributed by atoms with Gasteiger partial charge in [-0.25, -0.2) is 4.79 Å². The lowest BCUT2D eigenvalue weighted by molar-refractivity contribution is -0.107. The number of alkyl carbamates (subject to hydrolysis) is 1. The van der Waals surface area contributed by atoms with Crippen molar-refractivity contribution in [3.63, 3.8) is 0 Å². The number of rotatable bonds is 4. The Labute approximate surface area is 63.5 Å².